The Morgan fingerprint density at radius 2 is 2.05 bits per heavy atom. The number of carbonyl (C=O) groups is 2. The summed E-state index contributed by atoms with van der Waals surface area (Å²) in [5.41, 5.74) is 0.293. The predicted molar refractivity (Wildman–Crippen MR) is 77.1 cm³/mol. The second-order valence-electron chi connectivity index (χ2n) is 4.68. The van der Waals surface area contributed by atoms with E-state index in [0.717, 1.165) is 0 Å². The number of carboxylic acids is 1. The highest BCUT2D eigenvalue weighted by atomic mass is 79.9. The summed E-state index contributed by atoms with van der Waals surface area (Å²) in [6.07, 6.45) is -0.167. The fourth-order valence-electron chi connectivity index (χ4n) is 1.55. The molecule has 1 rings (SSSR count). The van der Waals surface area contributed by atoms with E-state index in [1.165, 1.54) is 18.2 Å². The van der Waals surface area contributed by atoms with E-state index in [9.17, 15) is 14.0 Å². The number of urea groups is 1. The molecule has 1 atom stereocenters. The van der Waals surface area contributed by atoms with Crippen LogP contribution in [0.4, 0.5) is 14.9 Å². The van der Waals surface area contributed by atoms with Crippen molar-refractivity contribution in [1.82, 2.24) is 5.32 Å². The molecule has 0 bridgehead atoms. The zero-order chi connectivity index (χ0) is 15.3. The molecule has 0 spiro atoms. The third-order valence-corrected chi connectivity index (χ3v) is 3.34. The fourth-order valence-corrected chi connectivity index (χ4v) is 1.80. The van der Waals surface area contributed by atoms with Crippen LogP contribution in [-0.2, 0) is 4.79 Å². The van der Waals surface area contributed by atoms with Gasteiger partial charge in [-0.1, -0.05) is 13.8 Å². The van der Waals surface area contributed by atoms with Crippen molar-refractivity contribution in [1.29, 1.82) is 0 Å². The Labute approximate surface area is 124 Å². The molecule has 2 amide bonds. The monoisotopic (exact) mass is 346 g/mol. The zero-order valence-corrected chi connectivity index (χ0v) is 12.7. The quantitative estimate of drug-likeness (QED) is 0.765. The first kappa shape index (κ1) is 16.4. The topological polar surface area (TPSA) is 78.4 Å². The molecule has 0 saturated carbocycles. The number of halogens is 2. The molecule has 7 heteroatoms. The van der Waals surface area contributed by atoms with Gasteiger partial charge in [0, 0.05) is 11.7 Å². The smallest absolute Gasteiger partial charge is 0.319 e. The van der Waals surface area contributed by atoms with Gasteiger partial charge in [-0.15, -0.1) is 0 Å². The van der Waals surface area contributed by atoms with Gasteiger partial charge in [0.05, 0.1) is 10.9 Å². The maximum absolute atomic E-state index is 13.3. The Kier molecular flexibility index (Phi) is 5.94. The Hall–Kier alpha value is -1.63. The Balaban J connectivity index is 2.65. The van der Waals surface area contributed by atoms with E-state index < -0.39 is 23.9 Å². The Bertz CT molecular complexity index is 508. The van der Waals surface area contributed by atoms with Crippen LogP contribution in [-0.4, -0.2) is 23.1 Å². The summed E-state index contributed by atoms with van der Waals surface area (Å²) in [7, 11) is 0. The van der Waals surface area contributed by atoms with Crippen molar-refractivity contribution in [2.75, 3.05) is 5.32 Å². The lowest BCUT2D eigenvalue weighted by Crippen LogP contribution is -2.42. The number of nitrogens with one attached hydrogen (secondary N) is 2. The van der Waals surface area contributed by atoms with Gasteiger partial charge in [-0.2, -0.15) is 0 Å². The second-order valence-corrected chi connectivity index (χ2v) is 5.53. The molecular weight excluding hydrogens is 331 g/mol. The molecule has 1 aromatic carbocycles. The molecule has 1 unspecified atom stereocenters. The number of hydrogen-bond donors (Lipinski definition) is 3. The minimum Gasteiger partial charge on any atom is -0.481 e. The molecule has 0 aliphatic carbocycles. The van der Waals surface area contributed by atoms with Crippen LogP contribution in [0.2, 0.25) is 0 Å². The van der Waals surface area contributed by atoms with E-state index in [2.05, 4.69) is 26.6 Å². The van der Waals surface area contributed by atoms with Crippen molar-refractivity contribution in [3.05, 3.63) is 28.5 Å². The van der Waals surface area contributed by atoms with Gasteiger partial charge in [0.2, 0.25) is 0 Å². The Morgan fingerprint density at radius 3 is 2.55 bits per heavy atom. The molecule has 1 aromatic rings. The average molecular weight is 347 g/mol. The largest absolute Gasteiger partial charge is 0.481 e. The number of hydrogen-bond acceptors (Lipinski definition) is 2. The molecule has 0 aliphatic heterocycles. The summed E-state index contributed by atoms with van der Waals surface area (Å²) in [4.78, 5) is 22.5. The highest BCUT2D eigenvalue weighted by molar-refractivity contribution is 9.10. The van der Waals surface area contributed by atoms with Crippen LogP contribution in [0.3, 0.4) is 0 Å². The average Bonchev–Trinajstić information content (AvgIpc) is 2.32. The molecular formula is C13H16BrFN2O3. The maximum Gasteiger partial charge on any atom is 0.319 e. The van der Waals surface area contributed by atoms with Gasteiger partial charge < -0.3 is 15.7 Å². The highest BCUT2D eigenvalue weighted by Gasteiger charge is 2.19. The van der Waals surface area contributed by atoms with Crippen molar-refractivity contribution in [2.45, 2.75) is 26.3 Å². The van der Waals surface area contributed by atoms with Gasteiger partial charge >= 0.3 is 12.0 Å². The van der Waals surface area contributed by atoms with Crippen LogP contribution in [0.5, 0.6) is 0 Å². The number of anilines is 1. The summed E-state index contributed by atoms with van der Waals surface area (Å²) < 4.78 is 13.6. The van der Waals surface area contributed by atoms with E-state index in [-0.39, 0.29) is 12.3 Å². The van der Waals surface area contributed by atoms with E-state index in [0.29, 0.717) is 10.2 Å². The molecule has 0 aromatic heterocycles. The molecule has 0 fully saturated rings. The summed E-state index contributed by atoms with van der Waals surface area (Å²) >= 11 is 3.01. The second kappa shape index (κ2) is 7.23. The van der Waals surface area contributed by atoms with Crippen LogP contribution in [0.15, 0.2) is 22.7 Å². The van der Waals surface area contributed by atoms with Crippen molar-refractivity contribution >= 4 is 33.6 Å². The van der Waals surface area contributed by atoms with Gasteiger partial charge in [-0.25, -0.2) is 9.18 Å². The van der Waals surface area contributed by atoms with E-state index in [1.807, 2.05) is 13.8 Å². The van der Waals surface area contributed by atoms with Gasteiger partial charge in [0.15, 0.2) is 0 Å². The molecule has 0 saturated heterocycles. The molecule has 110 valence electrons. The van der Waals surface area contributed by atoms with Gasteiger partial charge in [-0.3, -0.25) is 4.79 Å². The summed E-state index contributed by atoms with van der Waals surface area (Å²) in [5.74, 6) is -1.51. The SMILES string of the molecule is CC(C)C(CC(=O)O)NC(=O)Nc1ccc(Br)c(F)c1. The fraction of sp³-hybridized carbons (Fsp3) is 0.385. The van der Waals surface area contributed by atoms with Gasteiger partial charge in [0.25, 0.3) is 0 Å². The lowest BCUT2D eigenvalue weighted by Gasteiger charge is -2.20. The van der Waals surface area contributed by atoms with Crippen LogP contribution < -0.4 is 10.6 Å². The predicted octanol–water partition coefficient (Wildman–Crippen LogP) is 3.21. The molecule has 3 N–H and O–H groups in total. The first-order valence-electron chi connectivity index (χ1n) is 6.04. The Morgan fingerprint density at radius 1 is 1.40 bits per heavy atom. The van der Waals surface area contributed by atoms with Crippen molar-refractivity contribution in [2.24, 2.45) is 5.92 Å². The van der Waals surface area contributed by atoms with Crippen molar-refractivity contribution in [3.8, 4) is 0 Å². The van der Waals surface area contributed by atoms with Gasteiger partial charge in [-0.05, 0) is 40.0 Å². The highest BCUT2D eigenvalue weighted by Crippen LogP contribution is 2.19. The molecule has 0 heterocycles. The number of carbonyl (C=O) groups excluding carboxylic acids is 1. The van der Waals surface area contributed by atoms with Gasteiger partial charge in [0.1, 0.15) is 5.82 Å². The van der Waals surface area contributed by atoms with E-state index in [4.69, 9.17) is 5.11 Å². The van der Waals surface area contributed by atoms with Crippen LogP contribution in [0, 0.1) is 11.7 Å². The number of rotatable bonds is 5. The standard InChI is InChI=1S/C13H16BrFN2O3/c1-7(2)11(6-12(18)19)17-13(20)16-8-3-4-9(14)10(15)5-8/h3-5,7,11H,6H2,1-2H3,(H,18,19)(H2,16,17,20). The number of carboxylic acid groups (broad SMARTS) is 1. The minimum absolute atomic E-state index is 0.0292. The summed E-state index contributed by atoms with van der Waals surface area (Å²) in [6.45, 7) is 3.63. The van der Waals surface area contributed by atoms with Crippen LogP contribution >= 0.6 is 15.9 Å². The minimum atomic E-state index is -0.987. The number of amides is 2. The van der Waals surface area contributed by atoms with Crippen molar-refractivity contribution in [3.63, 3.8) is 0 Å². The van der Waals surface area contributed by atoms with Crippen LogP contribution in [0.25, 0.3) is 0 Å². The first-order valence-corrected chi connectivity index (χ1v) is 6.83. The molecule has 0 radical (unpaired) electrons. The maximum atomic E-state index is 13.3. The number of aliphatic carboxylic acids is 1. The lowest BCUT2D eigenvalue weighted by molar-refractivity contribution is -0.137. The van der Waals surface area contributed by atoms with E-state index >= 15 is 0 Å². The lowest BCUT2D eigenvalue weighted by atomic mass is 10.0. The molecule has 5 nitrogen and oxygen atoms in total. The summed E-state index contributed by atoms with van der Waals surface area (Å²) in [6, 6.07) is 3.13. The van der Waals surface area contributed by atoms with E-state index in [1.54, 1.807) is 0 Å². The van der Waals surface area contributed by atoms with Crippen LogP contribution in [0.1, 0.15) is 20.3 Å². The third kappa shape index (κ3) is 5.16. The van der Waals surface area contributed by atoms with Crippen molar-refractivity contribution < 1.29 is 19.1 Å². The third-order valence-electron chi connectivity index (χ3n) is 2.69. The normalized spacial score (nSPS) is 12.1. The molecule has 0 aliphatic rings. The molecule has 20 heavy (non-hydrogen) atoms. The summed E-state index contributed by atoms with van der Waals surface area (Å²) in [5, 5.41) is 13.8. The number of benzene rings is 1. The first-order chi connectivity index (χ1) is 9.29. The zero-order valence-electron chi connectivity index (χ0n) is 11.1.